The summed E-state index contributed by atoms with van der Waals surface area (Å²) in [5.41, 5.74) is 2.71. The summed E-state index contributed by atoms with van der Waals surface area (Å²) in [6.45, 7) is 7.28. The summed E-state index contributed by atoms with van der Waals surface area (Å²) < 4.78 is 5.35. The number of rotatable bonds is 7. The fourth-order valence-corrected chi connectivity index (χ4v) is 3.35. The summed E-state index contributed by atoms with van der Waals surface area (Å²) in [5, 5.41) is 5.55. The number of benzene rings is 2. The fraction of sp³-hybridized carbons (Fsp3) is 0.423. The molecule has 1 aliphatic rings. The number of hydrogen-bond acceptors (Lipinski definition) is 4. The first-order chi connectivity index (χ1) is 15.5. The third kappa shape index (κ3) is 7.34. The Morgan fingerprint density at radius 1 is 1.03 bits per heavy atom. The first-order valence-electron chi connectivity index (χ1n) is 11.3. The van der Waals surface area contributed by atoms with Gasteiger partial charge in [-0.2, -0.15) is 0 Å². The van der Waals surface area contributed by atoms with E-state index >= 15 is 0 Å². The average molecular weight is 452 g/mol. The monoisotopic (exact) mass is 451 g/mol. The van der Waals surface area contributed by atoms with E-state index in [2.05, 4.69) is 10.6 Å². The van der Waals surface area contributed by atoms with E-state index in [1.807, 2.05) is 55.5 Å². The Kier molecular flexibility index (Phi) is 7.41. The molecule has 176 valence electrons. The average Bonchev–Trinajstić information content (AvgIpc) is 3.58. The van der Waals surface area contributed by atoms with Gasteiger partial charge < -0.3 is 20.3 Å². The van der Waals surface area contributed by atoms with Gasteiger partial charge in [0.05, 0.1) is 0 Å². The lowest BCUT2D eigenvalue weighted by atomic mass is 10.0. The SMILES string of the molecule is Cc1ccc(NC(=O)C(Cc2ccc(N(C)C(=O)C3CC3)cc2)NC(=O)OC(C)(C)C)cc1. The normalized spacial score (nSPS) is 14.2. The summed E-state index contributed by atoms with van der Waals surface area (Å²) in [7, 11) is 1.78. The number of aryl methyl sites for hydroxylation is 1. The van der Waals surface area contributed by atoms with Crippen LogP contribution in [0.1, 0.15) is 44.7 Å². The van der Waals surface area contributed by atoms with Crippen LogP contribution >= 0.6 is 0 Å². The maximum absolute atomic E-state index is 13.0. The summed E-state index contributed by atoms with van der Waals surface area (Å²) in [6, 6.07) is 14.1. The number of nitrogens with zero attached hydrogens (tertiary/aromatic N) is 1. The number of alkyl carbamates (subject to hydrolysis) is 1. The number of ether oxygens (including phenoxy) is 1. The molecule has 3 rings (SSSR count). The Labute approximate surface area is 195 Å². The molecule has 0 aromatic heterocycles. The van der Waals surface area contributed by atoms with E-state index in [1.165, 1.54) is 0 Å². The zero-order valence-corrected chi connectivity index (χ0v) is 20.0. The molecule has 1 unspecified atom stereocenters. The maximum atomic E-state index is 13.0. The molecule has 1 fully saturated rings. The van der Waals surface area contributed by atoms with Crippen molar-refractivity contribution >= 4 is 29.3 Å². The fourth-order valence-electron chi connectivity index (χ4n) is 3.35. The van der Waals surface area contributed by atoms with E-state index in [9.17, 15) is 14.4 Å². The number of amides is 3. The van der Waals surface area contributed by atoms with Gasteiger partial charge in [-0.25, -0.2) is 4.79 Å². The van der Waals surface area contributed by atoms with Crippen molar-refractivity contribution in [3.63, 3.8) is 0 Å². The zero-order valence-electron chi connectivity index (χ0n) is 20.0. The molecule has 0 aliphatic heterocycles. The molecule has 0 saturated heterocycles. The van der Waals surface area contributed by atoms with Crippen molar-refractivity contribution in [3.8, 4) is 0 Å². The van der Waals surface area contributed by atoms with Crippen molar-refractivity contribution in [1.82, 2.24) is 5.32 Å². The molecule has 2 N–H and O–H groups in total. The molecule has 33 heavy (non-hydrogen) atoms. The highest BCUT2D eigenvalue weighted by Crippen LogP contribution is 2.32. The second-order valence-corrected chi connectivity index (χ2v) is 9.60. The number of carbonyl (C=O) groups excluding carboxylic acids is 3. The molecule has 0 spiro atoms. The molecule has 2 aromatic rings. The van der Waals surface area contributed by atoms with Crippen LogP contribution in [0.25, 0.3) is 0 Å². The Morgan fingerprint density at radius 3 is 2.18 bits per heavy atom. The third-order valence-electron chi connectivity index (χ3n) is 5.35. The summed E-state index contributed by atoms with van der Waals surface area (Å²) >= 11 is 0. The molecule has 7 heteroatoms. The van der Waals surface area contributed by atoms with Gasteiger partial charge in [-0.15, -0.1) is 0 Å². The zero-order chi connectivity index (χ0) is 24.2. The van der Waals surface area contributed by atoms with Crippen LogP contribution in [0.15, 0.2) is 48.5 Å². The number of hydrogen-bond donors (Lipinski definition) is 2. The van der Waals surface area contributed by atoms with Crippen LogP contribution in [0.5, 0.6) is 0 Å². The van der Waals surface area contributed by atoms with Gasteiger partial charge in [0.1, 0.15) is 11.6 Å². The first kappa shape index (κ1) is 24.3. The van der Waals surface area contributed by atoms with Crippen LogP contribution in [-0.2, 0) is 20.7 Å². The minimum absolute atomic E-state index is 0.129. The lowest BCUT2D eigenvalue weighted by Gasteiger charge is -2.24. The highest BCUT2D eigenvalue weighted by molar-refractivity contribution is 5.97. The van der Waals surface area contributed by atoms with Gasteiger partial charge in [-0.05, 0) is 70.4 Å². The molecule has 1 saturated carbocycles. The number of nitrogens with one attached hydrogen (secondary N) is 2. The number of anilines is 2. The second kappa shape index (κ2) is 10.1. The maximum Gasteiger partial charge on any atom is 0.408 e. The van der Waals surface area contributed by atoms with Crippen LogP contribution < -0.4 is 15.5 Å². The molecule has 0 bridgehead atoms. The lowest BCUT2D eigenvalue weighted by molar-refractivity contribution is -0.119. The topological polar surface area (TPSA) is 87.7 Å². The quantitative estimate of drug-likeness (QED) is 0.651. The van der Waals surface area contributed by atoms with E-state index in [0.29, 0.717) is 5.69 Å². The molecule has 1 aliphatic carbocycles. The van der Waals surface area contributed by atoms with Crippen molar-refractivity contribution in [2.24, 2.45) is 5.92 Å². The lowest BCUT2D eigenvalue weighted by Crippen LogP contribution is -2.47. The molecular formula is C26H33N3O4. The Bertz CT molecular complexity index is 990. The third-order valence-corrected chi connectivity index (χ3v) is 5.35. The van der Waals surface area contributed by atoms with Gasteiger partial charge in [-0.1, -0.05) is 29.8 Å². The van der Waals surface area contributed by atoms with Gasteiger partial charge in [0.15, 0.2) is 0 Å². The van der Waals surface area contributed by atoms with Gasteiger partial charge in [0.2, 0.25) is 11.8 Å². The smallest absolute Gasteiger partial charge is 0.408 e. The van der Waals surface area contributed by atoms with E-state index in [1.54, 1.807) is 32.7 Å². The van der Waals surface area contributed by atoms with E-state index < -0.39 is 17.7 Å². The van der Waals surface area contributed by atoms with Gasteiger partial charge in [0, 0.05) is 30.8 Å². The second-order valence-electron chi connectivity index (χ2n) is 9.60. The van der Waals surface area contributed by atoms with E-state index in [-0.39, 0.29) is 24.2 Å². The van der Waals surface area contributed by atoms with Crippen molar-refractivity contribution in [3.05, 3.63) is 59.7 Å². The van der Waals surface area contributed by atoms with Crippen molar-refractivity contribution < 1.29 is 19.1 Å². The molecule has 3 amide bonds. The van der Waals surface area contributed by atoms with Crippen molar-refractivity contribution in [1.29, 1.82) is 0 Å². The Hall–Kier alpha value is -3.35. The summed E-state index contributed by atoms with van der Waals surface area (Å²) in [4.78, 5) is 39.4. The molecule has 0 radical (unpaired) electrons. The van der Waals surface area contributed by atoms with Gasteiger partial charge >= 0.3 is 6.09 Å². The minimum atomic E-state index is -0.835. The van der Waals surface area contributed by atoms with Crippen LogP contribution in [0.4, 0.5) is 16.2 Å². The molecule has 2 aromatic carbocycles. The Balaban J connectivity index is 1.72. The van der Waals surface area contributed by atoms with Gasteiger partial charge in [-0.3, -0.25) is 9.59 Å². The summed E-state index contributed by atoms with van der Waals surface area (Å²) in [6.07, 6.45) is 1.53. The predicted molar refractivity (Wildman–Crippen MR) is 129 cm³/mol. The highest BCUT2D eigenvalue weighted by atomic mass is 16.6. The van der Waals surface area contributed by atoms with Crippen molar-refractivity contribution in [2.75, 3.05) is 17.3 Å². The molecule has 0 heterocycles. The number of carbonyl (C=O) groups is 3. The predicted octanol–water partition coefficient (Wildman–Crippen LogP) is 4.44. The first-order valence-corrected chi connectivity index (χ1v) is 11.3. The van der Waals surface area contributed by atoms with Crippen LogP contribution in [0.3, 0.4) is 0 Å². The van der Waals surface area contributed by atoms with Gasteiger partial charge in [0.25, 0.3) is 0 Å². The van der Waals surface area contributed by atoms with Crippen LogP contribution in [0, 0.1) is 12.8 Å². The molecule has 7 nitrogen and oxygen atoms in total. The largest absolute Gasteiger partial charge is 0.444 e. The highest BCUT2D eigenvalue weighted by Gasteiger charge is 2.32. The van der Waals surface area contributed by atoms with Crippen LogP contribution in [-0.4, -0.2) is 36.6 Å². The molecule has 1 atom stereocenters. The van der Waals surface area contributed by atoms with Crippen molar-refractivity contribution in [2.45, 2.75) is 58.6 Å². The standard InChI is InChI=1S/C26H33N3O4/c1-17-6-12-20(13-7-17)27-23(30)22(28-25(32)33-26(2,3)4)16-18-8-14-21(15-9-18)29(5)24(31)19-10-11-19/h6-9,12-15,19,22H,10-11,16H2,1-5H3,(H,27,30)(H,28,32). The van der Waals surface area contributed by atoms with E-state index in [0.717, 1.165) is 29.7 Å². The summed E-state index contributed by atoms with van der Waals surface area (Å²) in [5.74, 6) is -0.0675. The molecular weight excluding hydrogens is 418 g/mol. The van der Waals surface area contributed by atoms with E-state index in [4.69, 9.17) is 4.74 Å². The van der Waals surface area contributed by atoms with Crippen LogP contribution in [0.2, 0.25) is 0 Å². The minimum Gasteiger partial charge on any atom is -0.444 e. The Morgan fingerprint density at radius 2 is 1.64 bits per heavy atom.